The number of aliphatic hydroxyl groups excluding tert-OH is 1. The van der Waals surface area contributed by atoms with E-state index in [-0.39, 0.29) is 24.0 Å². The Morgan fingerprint density at radius 2 is 2.12 bits per heavy atom. The molecule has 1 aliphatic carbocycles. The summed E-state index contributed by atoms with van der Waals surface area (Å²) in [5, 5.41) is 21.4. The fourth-order valence-corrected chi connectivity index (χ4v) is 3.64. The van der Waals surface area contributed by atoms with E-state index in [0.717, 1.165) is 35.4 Å². The van der Waals surface area contributed by atoms with E-state index in [1.165, 1.54) is 0 Å². The highest BCUT2D eigenvalue weighted by Crippen LogP contribution is 2.38. The summed E-state index contributed by atoms with van der Waals surface area (Å²) in [7, 11) is 3.79. The fourth-order valence-electron chi connectivity index (χ4n) is 3.64. The van der Waals surface area contributed by atoms with Crippen molar-refractivity contribution in [2.24, 2.45) is 20.0 Å². The van der Waals surface area contributed by atoms with Crippen LogP contribution in [0.1, 0.15) is 47.8 Å². The normalized spacial score (nSPS) is 21.0. The van der Waals surface area contributed by atoms with Crippen molar-refractivity contribution in [3.63, 3.8) is 0 Å². The summed E-state index contributed by atoms with van der Waals surface area (Å²) in [5.41, 5.74) is 4.24. The van der Waals surface area contributed by atoms with Crippen molar-refractivity contribution in [2.45, 2.75) is 51.7 Å². The maximum atomic E-state index is 12.5. The van der Waals surface area contributed by atoms with Gasteiger partial charge in [0.05, 0.1) is 24.0 Å². The van der Waals surface area contributed by atoms with E-state index < -0.39 is 0 Å². The maximum Gasteiger partial charge on any atom is 0.220 e. The van der Waals surface area contributed by atoms with Crippen LogP contribution in [0.2, 0.25) is 0 Å². The quantitative estimate of drug-likeness (QED) is 0.827. The Morgan fingerprint density at radius 1 is 1.40 bits per heavy atom. The van der Waals surface area contributed by atoms with Crippen molar-refractivity contribution in [3.8, 4) is 0 Å². The number of aliphatic hydroxyl groups is 1. The molecule has 1 amide bonds. The van der Waals surface area contributed by atoms with Gasteiger partial charge in [0.2, 0.25) is 5.91 Å². The molecule has 0 unspecified atom stereocenters. The molecule has 0 aromatic carbocycles. The Labute approximate surface area is 148 Å². The first kappa shape index (κ1) is 17.7. The lowest BCUT2D eigenvalue weighted by molar-refractivity contribution is -0.123. The summed E-state index contributed by atoms with van der Waals surface area (Å²) in [6, 6.07) is -0.0827. The maximum absolute atomic E-state index is 12.5. The first-order chi connectivity index (χ1) is 11.8. The second-order valence-corrected chi connectivity index (χ2v) is 7.15. The number of aromatic nitrogens is 4. The third-order valence-electron chi connectivity index (χ3n) is 5.28. The predicted molar refractivity (Wildman–Crippen MR) is 93.8 cm³/mol. The molecule has 1 saturated carbocycles. The van der Waals surface area contributed by atoms with Crippen LogP contribution in [0.25, 0.3) is 0 Å². The average Bonchev–Trinajstić information content (AvgIpc) is 3.05. The highest BCUT2D eigenvalue weighted by atomic mass is 16.3. The Hall–Kier alpha value is -2.15. The Balaban J connectivity index is 1.64. The number of nitrogens with one attached hydrogen (secondary N) is 1. The molecule has 0 radical (unpaired) electrons. The lowest BCUT2D eigenvalue weighted by Gasteiger charge is -2.37. The van der Waals surface area contributed by atoms with Gasteiger partial charge >= 0.3 is 0 Å². The van der Waals surface area contributed by atoms with Crippen LogP contribution in [-0.2, 0) is 25.3 Å². The molecule has 2 N–H and O–H groups in total. The molecule has 2 heterocycles. The summed E-state index contributed by atoms with van der Waals surface area (Å²) in [5.74, 6) is 0.294. The van der Waals surface area contributed by atoms with Crippen molar-refractivity contribution in [1.82, 2.24) is 24.9 Å². The van der Waals surface area contributed by atoms with E-state index in [4.69, 9.17) is 0 Å². The molecule has 3 rings (SSSR count). The van der Waals surface area contributed by atoms with Gasteiger partial charge in [0.15, 0.2) is 0 Å². The van der Waals surface area contributed by atoms with E-state index in [1.54, 1.807) is 10.9 Å². The van der Waals surface area contributed by atoms with Crippen LogP contribution in [0.15, 0.2) is 12.4 Å². The van der Waals surface area contributed by atoms with E-state index in [2.05, 4.69) is 15.5 Å². The summed E-state index contributed by atoms with van der Waals surface area (Å²) in [6.45, 7) is 4.01. The zero-order chi connectivity index (χ0) is 18.1. The van der Waals surface area contributed by atoms with Gasteiger partial charge in [-0.25, -0.2) is 0 Å². The molecule has 2 aromatic rings. The highest BCUT2D eigenvalue weighted by Gasteiger charge is 2.36. The van der Waals surface area contributed by atoms with Crippen LogP contribution in [-0.4, -0.2) is 36.7 Å². The van der Waals surface area contributed by atoms with Gasteiger partial charge in [-0.1, -0.05) is 0 Å². The van der Waals surface area contributed by atoms with Gasteiger partial charge in [0.1, 0.15) is 0 Å². The Morgan fingerprint density at radius 3 is 2.64 bits per heavy atom. The first-order valence-electron chi connectivity index (χ1n) is 8.80. The lowest BCUT2D eigenvalue weighted by Crippen LogP contribution is -2.41. The summed E-state index contributed by atoms with van der Waals surface area (Å²) in [6.07, 6.45) is 6.04. The van der Waals surface area contributed by atoms with Crippen molar-refractivity contribution in [1.29, 1.82) is 0 Å². The smallest absolute Gasteiger partial charge is 0.220 e. The summed E-state index contributed by atoms with van der Waals surface area (Å²) in [4.78, 5) is 12.5. The molecule has 1 aliphatic rings. The number of amides is 1. The van der Waals surface area contributed by atoms with Crippen LogP contribution in [0.5, 0.6) is 0 Å². The molecule has 0 spiro atoms. The minimum Gasteiger partial charge on any atom is -0.393 e. The van der Waals surface area contributed by atoms with Crippen LogP contribution >= 0.6 is 0 Å². The van der Waals surface area contributed by atoms with Gasteiger partial charge in [-0.2, -0.15) is 10.2 Å². The van der Waals surface area contributed by atoms with E-state index >= 15 is 0 Å². The molecule has 7 nitrogen and oxygen atoms in total. The molecular formula is C18H27N5O2. The molecule has 2 aromatic heterocycles. The number of rotatable bonds is 6. The number of aryl methyl sites for hydroxylation is 3. The highest BCUT2D eigenvalue weighted by molar-refractivity contribution is 5.76. The molecule has 1 fully saturated rings. The van der Waals surface area contributed by atoms with Gasteiger partial charge in [-0.05, 0) is 44.6 Å². The SMILES string of the molecule is Cc1nn(C)c(C)c1CCC(=O)N[C@H](c1cnn(C)c1)C1CC(O)C1. The molecule has 136 valence electrons. The zero-order valence-corrected chi connectivity index (χ0v) is 15.4. The van der Waals surface area contributed by atoms with Crippen molar-refractivity contribution in [2.75, 3.05) is 0 Å². The first-order valence-corrected chi connectivity index (χ1v) is 8.80. The Bertz CT molecular complexity index is 758. The molecular weight excluding hydrogens is 318 g/mol. The molecule has 25 heavy (non-hydrogen) atoms. The van der Waals surface area contributed by atoms with Gasteiger partial charge < -0.3 is 10.4 Å². The average molecular weight is 345 g/mol. The zero-order valence-electron chi connectivity index (χ0n) is 15.4. The van der Waals surface area contributed by atoms with Crippen LogP contribution < -0.4 is 5.32 Å². The largest absolute Gasteiger partial charge is 0.393 e. The number of carbonyl (C=O) groups is 1. The van der Waals surface area contributed by atoms with Gasteiger partial charge in [0.25, 0.3) is 0 Å². The van der Waals surface area contributed by atoms with Crippen molar-refractivity contribution in [3.05, 3.63) is 34.9 Å². The van der Waals surface area contributed by atoms with E-state index in [1.807, 2.05) is 38.8 Å². The third kappa shape index (κ3) is 3.76. The second kappa shape index (κ2) is 7.00. The van der Waals surface area contributed by atoms with Gasteiger partial charge in [-0.15, -0.1) is 0 Å². The summed E-state index contributed by atoms with van der Waals surface area (Å²) >= 11 is 0. The monoisotopic (exact) mass is 345 g/mol. The number of hydrogen-bond donors (Lipinski definition) is 2. The summed E-state index contributed by atoms with van der Waals surface area (Å²) < 4.78 is 3.60. The topological polar surface area (TPSA) is 85.0 Å². The van der Waals surface area contributed by atoms with E-state index in [0.29, 0.717) is 12.8 Å². The van der Waals surface area contributed by atoms with Gasteiger partial charge in [-0.3, -0.25) is 14.2 Å². The minimum absolute atomic E-state index is 0.0258. The van der Waals surface area contributed by atoms with E-state index in [9.17, 15) is 9.90 Å². The Kier molecular flexibility index (Phi) is 4.94. The second-order valence-electron chi connectivity index (χ2n) is 7.15. The third-order valence-corrected chi connectivity index (χ3v) is 5.28. The molecule has 1 atom stereocenters. The fraction of sp³-hybridized carbons (Fsp3) is 0.611. The standard InChI is InChI=1S/C18H27N5O2/c1-11-16(12(2)23(4)21-11)5-6-17(25)20-18(13-7-15(24)8-13)14-9-19-22(3)10-14/h9-10,13,15,18,24H,5-8H2,1-4H3,(H,20,25)/t13?,15?,18-/m0/s1. The van der Waals surface area contributed by atoms with Crippen LogP contribution in [0.4, 0.5) is 0 Å². The lowest BCUT2D eigenvalue weighted by atomic mass is 9.75. The molecule has 0 bridgehead atoms. The van der Waals surface area contributed by atoms with Gasteiger partial charge in [0, 0.05) is 38.0 Å². The minimum atomic E-state index is -0.248. The van der Waals surface area contributed by atoms with Crippen molar-refractivity contribution >= 4 is 5.91 Å². The number of nitrogens with zero attached hydrogens (tertiary/aromatic N) is 4. The van der Waals surface area contributed by atoms with Crippen molar-refractivity contribution < 1.29 is 9.90 Å². The molecule has 7 heteroatoms. The van der Waals surface area contributed by atoms with Crippen LogP contribution in [0.3, 0.4) is 0 Å². The van der Waals surface area contributed by atoms with Crippen LogP contribution in [0, 0.1) is 19.8 Å². The molecule has 0 aliphatic heterocycles. The number of carbonyl (C=O) groups excluding carboxylic acids is 1. The molecule has 0 saturated heterocycles. The predicted octanol–water partition coefficient (Wildman–Crippen LogP) is 1.33. The number of hydrogen-bond acceptors (Lipinski definition) is 4.